The summed E-state index contributed by atoms with van der Waals surface area (Å²) in [5, 5.41) is 14.8. The summed E-state index contributed by atoms with van der Waals surface area (Å²) in [6, 6.07) is 7.11. The molecule has 5 rings (SSSR count). The van der Waals surface area contributed by atoms with Gasteiger partial charge in [0.05, 0.1) is 11.9 Å². The lowest BCUT2D eigenvalue weighted by molar-refractivity contribution is -0.205. The van der Waals surface area contributed by atoms with Crippen LogP contribution in [-0.2, 0) is 30.4 Å². The number of ketones is 1. The zero-order chi connectivity index (χ0) is 36.6. The Morgan fingerprint density at radius 3 is 2.58 bits per heavy atom. The van der Waals surface area contributed by atoms with Crippen LogP contribution in [-0.4, -0.2) is 69.9 Å². The molecule has 2 bridgehead atoms. The minimum atomic E-state index is -0.705. The van der Waals surface area contributed by atoms with E-state index in [9.17, 15) is 24.3 Å². The van der Waals surface area contributed by atoms with Gasteiger partial charge in [0.15, 0.2) is 0 Å². The van der Waals surface area contributed by atoms with Crippen LogP contribution in [0.3, 0.4) is 0 Å². The molecule has 2 amide bonds. The minimum absolute atomic E-state index is 0.0791. The molecular weight excluding hydrogens is 653 g/mol. The van der Waals surface area contributed by atoms with Crippen molar-refractivity contribution in [2.75, 3.05) is 12.3 Å². The molecule has 3 aliphatic carbocycles. The number of nitrogens with one attached hydrogen (secondary N) is 1. The Morgan fingerprint density at radius 1 is 1.14 bits per heavy atom. The summed E-state index contributed by atoms with van der Waals surface area (Å²) in [4.78, 5) is 55.8. The normalized spacial score (nSPS) is 35.7. The van der Waals surface area contributed by atoms with E-state index in [-0.39, 0.29) is 53.1 Å². The number of piperidine rings is 1. The number of benzene rings is 1. The zero-order valence-corrected chi connectivity index (χ0v) is 31.9. The Hall–Kier alpha value is -2.85. The zero-order valence-electron chi connectivity index (χ0n) is 31.1. The van der Waals surface area contributed by atoms with Gasteiger partial charge in [-0.25, -0.2) is 4.79 Å². The number of rotatable bonds is 8. The molecule has 9 atom stereocenters. The van der Waals surface area contributed by atoms with E-state index in [2.05, 4.69) is 32.7 Å². The van der Waals surface area contributed by atoms with Gasteiger partial charge in [-0.2, -0.15) is 0 Å². The number of likely N-dealkylation sites (tertiary alicyclic amines) is 1. The largest absolute Gasteiger partial charge is 0.461 e. The smallest absolute Gasteiger partial charge is 0.410 e. The Balaban J connectivity index is 1.25. The van der Waals surface area contributed by atoms with Crippen LogP contribution < -0.4 is 5.32 Å². The molecule has 1 saturated heterocycles. The Kier molecular flexibility index (Phi) is 11.2. The maximum Gasteiger partial charge on any atom is 0.410 e. The van der Waals surface area contributed by atoms with Crippen LogP contribution in [0.15, 0.2) is 41.8 Å². The molecular formula is C40H58N2O7S. The first-order valence-corrected chi connectivity index (χ1v) is 19.5. The molecule has 1 aromatic rings. The highest BCUT2D eigenvalue weighted by Crippen LogP contribution is 2.68. The number of nitrogens with zero attached hydrogens (tertiary/aromatic N) is 1. The quantitative estimate of drug-likeness (QED) is 0.167. The first-order valence-electron chi connectivity index (χ1n) is 18.5. The number of aliphatic hydroxyl groups excluding tert-OH is 1. The lowest BCUT2D eigenvalue weighted by Crippen LogP contribution is -2.63. The van der Waals surface area contributed by atoms with E-state index in [1.807, 2.05) is 58.0 Å². The van der Waals surface area contributed by atoms with E-state index in [4.69, 9.17) is 9.47 Å². The number of carbonyl (C=O) groups excluding carboxylic acids is 4. The van der Waals surface area contributed by atoms with Gasteiger partial charge in [0.25, 0.3) is 0 Å². The van der Waals surface area contributed by atoms with Crippen molar-refractivity contribution in [1.82, 2.24) is 10.2 Å². The SMILES string of the molecule is C=C[C@]1(C)C[C@@H](OC(=O)CSc2cccc(CNC(=O)[C@H]3CCCCN3C(=O)OC(C)(C)C)c2)[C@]2(C)C(C)CCC3(CCC(=O)C32)[C@@H](C)[C@@H]1O. The maximum absolute atomic E-state index is 13.7. The molecule has 2 N–H and O–H groups in total. The number of hydrogen-bond acceptors (Lipinski definition) is 8. The number of amides is 2. The summed E-state index contributed by atoms with van der Waals surface area (Å²) in [5.74, 6) is -0.427. The number of esters is 1. The maximum atomic E-state index is 13.7. The average molecular weight is 711 g/mol. The predicted molar refractivity (Wildman–Crippen MR) is 194 cm³/mol. The second-order valence-electron chi connectivity index (χ2n) is 16.9. The summed E-state index contributed by atoms with van der Waals surface area (Å²) in [5.41, 5.74) is -1.32. The molecule has 1 aromatic carbocycles. The molecule has 0 aromatic heterocycles. The van der Waals surface area contributed by atoms with Crippen LogP contribution in [0.25, 0.3) is 0 Å². The second kappa shape index (κ2) is 14.6. The lowest BCUT2D eigenvalue weighted by Gasteiger charge is -2.61. The summed E-state index contributed by atoms with van der Waals surface area (Å²) in [6.45, 7) is 18.8. The van der Waals surface area contributed by atoms with Gasteiger partial charge in [0, 0.05) is 41.2 Å². The van der Waals surface area contributed by atoms with E-state index in [1.165, 1.54) is 16.7 Å². The van der Waals surface area contributed by atoms with Crippen molar-refractivity contribution in [2.24, 2.45) is 34.0 Å². The first-order chi connectivity index (χ1) is 23.4. The van der Waals surface area contributed by atoms with Crippen LogP contribution >= 0.6 is 11.8 Å². The molecule has 1 aliphatic heterocycles. The number of thioether (sulfide) groups is 1. The van der Waals surface area contributed by atoms with Crippen molar-refractivity contribution in [2.45, 2.75) is 135 Å². The molecule has 50 heavy (non-hydrogen) atoms. The van der Waals surface area contributed by atoms with Gasteiger partial charge in [-0.15, -0.1) is 18.3 Å². The van der Waals surface area contributed by atoms with Crippen LogP contribution in [0.1, 0.15) is 105 Å². The third-order valence-electron chi connectivity index (χ3n) is 12.7. The van der Waals surface area contributed by atoms with Crippen molar-refractivity contribution in [3.05, 3.63) is 42.5 Å². The standard InChI is InChI=1S/C40H58N2O7S/c1-9-38(7)22-31(39(8)25(2)16-18-40(26(3)34(38)45)19-17-30(43)33(39)40)48-32(44)24-50-28-14-12-13-27(21-28)23-41-35(46)29-15-10-11-20-42(29)36(47)49-37(4,5)6/h9,12-14,21,25-26,29,31,33-34,45H,1,10-11,15-20,22-24H2,2-8H3,(H,41,46)/t25?,26-,29+,31+,33?,34-,38+,39-,40?/m0/s1. The molecule has 1 heterocycles. The summed E-state index contributed by atoms with van der Waals surface area (Å²) < 4.78 is 12.0. The highest BCUT2D eigenvalue weighted by atomic mass is 32.2. The van der Waals surface area contributed by atoms with Crippen LogP contribution in [0.4, 0.5) is 4.79 Å². The Morgan fingerprint density at radius 2 is 1.88 bits per heavy atom. The Labute approximate surface area is 302 Å². The van der Waals surface area contributed by atoms with Gasteiger partial charge >= 0.3 is 12.1 Å². The third kappa shape index (κ3) is 7.39. The first kappa shape index (κ1) is 38.4. The van der Waals surface area contributed by atoms with Crippen molar-refractivity contribution >= 4 is 35.5 Å². The van der Waals surface area contributed by atoms with E-state index in [1.54, 1.807) is 0 Å². The molecule has 0 radical (unpaired) electrons. The van der Waals surface area contributed by atoms with Gasteiger partial charge < -0.3 is 19.9 Å². The fraction of sp³-hybridized carbons (Fsp3) is 0.700. The highest BCUT2D eigenvalue weighted by Gasteiger charge is 2.68. The van der Waals surface area contributed by atoms with Gasteiger partial charge in [0.2, 0.25) is 5.91 Å². The summed E-state index contributed by atoms with van der Waals surface area (Å²) in [6.07, 6.45) is 5.86. The van der Waals surface area contributed by atoms with Gasteiger partial charge in [-0.05, 0) is 101 Å². The molecule has 4 aliphatic rings. The van der Waals surface area contributed by atoms with Crippen LogP contribution in [0, 0.1) is 34.0 Å². The Bertz CT molecular complexity index is 1480. The van der Waals surface area contributed by atoms with Crippen molar-refractivity contribution < 1.29 is 33.8 Å². The number of carbonyl (C=O) groups is 4. The monoisotopic (exact) mass is 710 g/mol. The molecule has 3 unspecified atom stereocenters. The predicted octanol–water partition coefficient (Wildman–Crippen LogP) is 7.09. The highest BCUT2D eigenvalue weighted by molar-refractivity contribution is 8.00. The summed E-state index contributed by atoms with van der Waals surface area (Å²) >= 11 is 1.37. The molecule has 3 saturated carbocycles. The molecule has 276 valence electrons. The fourth-order valence-corrected chi connectivity index (χ4v) is 10.4. The van der Waals surface area contributed by atoms with Crippen molar-refractivity contribution in [3.8, 4) is 0 Å². The minimum Gasteiger partial charge on any atom is -0.461 e. The number of aliphatic hydroxyl groups is 1. The summed E-state index contributed by atoms with van der Waals surface area (Å²) in [7, 11) is 0. The molecule has 0 spiro atoms. The topological polar surface area (TPSA) is 122 Å². The average Bonchev–Trinajstić information content (AvgIpc) is 3.43. The number of hydrogen-bond donors (Lipinski definition) is 2. The van der Waals surface area contributed by atoms with Crippen LogP contribution in [0.5, 0.6) is 0 Å². The number of ether oxygens (including phenoxy) is 2. The van der Waals surface area contributed by atoms with Gasteiger partial charge in [-0.3, -0.25) is 19.3 Å². The fourth-order valence-electron chi connectivity index (χ4n) is 9.63. The molecule has 9 nitrogen and oxygen atoms in total. The van der Waals surface area contributed by atoms with Gasteiger partial charge in [0.1, 0.15) is 23.5 Å². The van der Waals surface area contributed by atoms with E-state index in [0.29, 0.717) is 25.8 Å². The van der Waals surface area contributed by atoms with Gasteiger partial charge in [-0.1, -0.05) is 45.9 Å². The second-order valence-corrected chi connectivity index (χ2v) is 18.0. The van der Waals surface area contributed by atoms with Crippen molar-refractivity contribution in [3.63, 3.8) is 0 Å². The molecule has 4 fully saturated rings. The van der Waals surface area contributed by atoms with E-state index in [0.717, 1.165) is 42.6 Å². The van der Waals surface area contributed by atoms with E-state index >= 15 is 0 Å². The molecule has 10 heteroatoms. The third-order valence-corrected chi connectivity index (χ3v) is 13.7. The van der Waals surface area contributed by atoms with E-state index < -0.39 is 40.8 Å². The lowest BCUT2D eigenvalue weighted by atomic mass is 9.44. The number of Topliss-reactive ketones (excluding diaryl/α,β-unsaturated/α-hetero) is 1. The van der Waals surface area contributed by atoms with Crippen LogP contribution in [0.2, 0.25) is 0 Å². The van der Waals surface area contributed by atoms with Crippen molar-refractivity contribution in [1.29, 1.82) is 0 Å².